The molecule has 0 bridgehead atoms. The number of piperidine rings is 1. The zero-order chi connectivity index (χ0) is 19.0. The van der Waals surface area contributed by atoms with Crippen LogP contribution in [-0.2, 0) is 17.5 Å². The largest absolute Gasteiger partial charge is 0.416 e. The highest BCUT2D eigenvalue weighted by molar-refractivity contribution is 5.86. The van der Waals surface area contributed by atoms with Crippen molar-refractivity contribution in [2.24, 2.45) is 5.41 Å². The van der Waals surface area contributed by atoms with Crippen LogP contribution >= 0.6 is 0 Å². The van der Waals surface area contributed by atoms with E-state index in [4.69, 9.17) is 0 Å². The minimum Gasteiger partial charge on any atom is -0.354 e. The summed E-state index contributed by atoms with van der Waals surface area (Å²) in [5.74, 6) is 0.0433. The van der Waals surface area contributed by atoms with Crippen molar-refractivity contribution in [3.63, 3.8) is 0 Å². The molecule has 2 aliphatic rings. The van der Waals surface area contributed by atoms with Crippen LogP contribution in [0.15, 0.2) is 24.3 Å². The van der Waals surface area contributed by atoms with Gasteiger partial charge in [-0.3, -0.25) is 9.69 Å². The molecular weight excluding hydrogens is 343 g/mol. The fourth-order valence-electron chi connectivity index (χ4n) is 3.64. The van der Waals surface area contributed by atoms with E-state index in [1.54, 1.807) is 6.07 Å². The van der Waals surface area contributed by atoms with Crippen LogP contribution in [0.4, 0.5) is 13.2 Å². The molecule has 4 nitrogen and oxygen atoms in total. The first-order chi connectivity index (χ1) is 12.1. The predicted molar refractivity (Wildman–Crippen MR) is 93.5 cm³/mol. The molecule has 2 heterocycles. The molecule has 26 heavy (non-hydrogen) atoms. The van der Waals surface area contributed by atoms with E-state index in [-0.39, 0.29) is 11.3 Å². The molecule has 3 rings (SSSR count). The lowest BCUT2D eigenvalue weighted by atomic mass is 9.86. The summed E-state index contributed by atoms with van der Waals surface area (Å²) in [4.78, 5) is 14.7. The van der Waals surface area contributed by atoms with Gasteiger partial charge in [-0.2, -0.15) is 13.2 Å². The summed E-state index contributed by atoms with van der Waals surface area (Å²) < 4.78 is 38.6. The van der Waals surface area contributed by atoms with E-state index < -0.39 is 17.3 Å². The van der Waals surface area contributed by atoms with Gasteiger partial charge in [-0.1, -0.05) is 32.0 Å². The Hall–Kier alpha value is -1.60. The standard InChI is InChI=1S/C19H26F3N3O/c1-17(2)12-23-16(26)18(24-13-17)6-8-25(9-7-18)11-14-4-3-5-15(10-14)19(20,21)22/h3-5,10,24H,6-9,11-13H2,1-2H3,(H,23,26). The van der Waals surface area contributed by atoms with Gasteiger partial charge in [0, 0.05) is 32.7 Å². The summed E-state index contributed by atoms with van der Waals surface area (Å²) in [6.07, 6.45) is -3.00. The molecule has 0 unspecified atom stereocenters. The molecule has 1 aromatic rings. The number of carbonyl (C=O) groups excluding carboxylic acids is 1. The maximum Gasteiger partial charge on any atom is 0.416 e. The molecule has 0 radical (unpaired) electrons. The van der Waals surface area contributed by atoms with Crippen molar-refractivity contribution in [2.45, 2.75) is 44.9 Å². The van der Waals surface area contributed by atoms with Gasteiger partial charge in [0.15, 0.2) is 0 Å². The van der Waals surface area contributed by atoms with E-state index >= 15 is 0 Å². The lowest BCUT2D eigenvalue weighted by Gasteiger charge is -2.40. The zero-order valence-electron chi connectivity index (χ0n) is 15.2. The van der Waals surface area contributed by atoms with Gasteiger partial charge in [-0.05, 0) is 29.9 Å². The molecule has 0 atom stereocenters. The molecule has 2 N–H and O–H groups in total. The van der Waals surface area contributed by atoms with Crippen molar-refractivity contribution < 1.29 is 18.0 Å². The van der Waals surface area contributed by atoms with E-state index in [0.29, 0.717) is 44.6 Å². The second-order valence-corrected chi connectivity index (χ2v) is 8.26. The number of benzene rings is 1. The van der Waals surface area contributed by atoms with E-state index in [1.165, 1.54) is 12.1 Å². The number of hydrogen-bond donors (Lipinski definition) is 2. The summed E-state index contributed by atoms with van der Waals surface area (Å²) in [6, 6.07) is 5.48. The molecule has 2 fully saturated rings. The Bertz CT molecular complexity index is 664. The smallest absolute Gasteiger partial charge is 0.354 e. The monoisotopic (exact) mass is 369 g/mol. The molecule has 0 aliphatic carbocycles. The third-order valence-corrected chi connectivity index (χ3v) is 5.44. The first-order valence-corrected chi connectivity index (χ1v) is 9.02. The maximum absolute atomic E-state index is 12.9. The molecule has 1 amide bonds. The Morgan fingerprint density at radius 1 is 1.15 bits per heavy atom. The summed E-state index contributed by atoms with van der Waals surface area (Å²) in [6.45, 7) is 7.46. The lowest BCUT2D eigenvalue weighted by Crippen LogP contribution is -2.60. The zero-order valence-corrected chi connectivity index (χ0v) is 15.2. The normalized spacial score (nSPS) is 23.5. The van der Waals surface area contributed by atoms with E-state index in [0.717, 1.165) is 12.6 Å². The van der Waals surface area contributed by atoms with Crippen molar-refractivity contribution in [3.8, 4) is 0 Å². The van der Waals surface area contributed by atoms with Gasteiger partial charge in [0.05, 0.1) is 5.56 Å². The first kappa shape index (κ1) is 19.2. The molecule has 2 saturated heterocycles. The van der Waals surface area contributed by atoms with Crippen LogP contribution in [0, 0.1) is 5.41 Å². The first-order valence-electron chi connectivity index (χ1n) is 9.02. The highest BCUT2D eigenvalue weighted by atomic mass is 19.4. The molecule has 0 aromatic heterocycles. The third kappa shape index (κ3) is 4.20. The summed E-state index contributed by atoms with van der Waals surface area (Å²) in [5, 5.41) is 6.50. The number of carbonyl (C=O) groups is 1. The molecule has 2 aliphatic heterocycles. The fraction of sp³-hybridized carbons (Fsp3) is 0.632. The fourth-order valence-corrected chi connectivity index (χ4v) is 3.64. The van der Waals surface area contributed by atoms with E-state index in [1.807, 2.05) is 0 Å². The Morgan fingerprint density at radius 3 is 2.50 bits per heavy atom. The van der Waals surface area contributed by atoms with Gasteiger partial charge in [0.1, 0.15) is 5.54 Å². The van der Waals surface area contributed by atoms with E-state index in [9.17, 15) is 18.0 Å². The average Bonchev–Trinajstić information content (AvgIpc) is 2.69. The summed E-state index contributed by atoms with van der Waals surface area (Å²) >= 11 is 0. The molecule has 144 valence electrons. The molecule has 1 spiro atoms. The highest BCUT2D eigenvalue weighted by Gasteiger charge is 2.44. The maximum atomic E-state index is 12.9. The van der Waals surface area contributed by atoms with Crippen molar-refractivity contribution in [1.29, 1.82) is 0 Å². The van der Waals surface area contributed by atoms with Gasteiger partial charge in [-0.25, -0.2) is 0 Å². The Kier molecular flexibility index (Phi) is 5.05. The molecular formula is C19H26F3N3O. The van der Waals surface area contributed by atoms with Gasteiger partial charge in [-0.15, -0.1) is 0 Å². The molecule has 1 aromatic carbocycles. The van der Waals surface area contributed by atoms with Crippen molar-refractivity contribution in [2.75, 3.05) is 26.2 Å². The van der Waals surface area contributed by atoms with Gasteiger partial charge < -0.3 is 10.6 Å². The molecule has 7 heteroatoms. The summed E-state index contributed by atoms with van der Waals surface area (Å²) in [7, 11) is 0. The number of alkyl halides is 3. The number of amides is 1. The highest BCUT2D eigenvalue weighted by Crippen LogP contribution is 2.31. The number of halogens is 3. The van der Waals surface area contributed by atoms with Crippen molar-refractivity contribution >= 4 is 5.91 Å². The Morgan fingerprint density at radius 2 is 1.85 bits per heavy atom. The number of rotatable bonds is 2. The van der Waals surface area contributed by atoms with E-state index in [2.05, 4.69) is 29.4 Å². The number of nitrogens with one attached hydrogen (secondary N) is 2. The Balaban J connectivity index is 1.63. The second kappa shape index (κ2) is 6.85. The van der Waals surface area contributed by atoms with Gasteiger partial charge in [0.2, 0.25) is 5.91 Å². The Labute approximate surface area is 152 Å². The minimum atomic E-state index is -4.32. The van der Waals surface area contributed by atoms with Crippen LogP contribution in [-0.4, -0.2) is 42.5 Å². The van der Waals surface area contributed by atoms with Crippen molar-refractivity contribution in [3.05, 3.63) is 35.4 Å². The second-order valence-electron chi connectivity index (χ2n) is 8.26. The average molecular weight is 369 g/mol. The minimum absolute atomic E-state index is 0.00826. The van der Waals surface area contributed by atoms with Gasteiger partial charge >= 0.3 is 6.18 Å². The topological polar surface area (TPSA) is 44.4 Å². The van der Waals surface area contributed by atoms with Crippen molar-refractivity contribution in [1.82, 2.24) is 15.5 Å². The number of nitrogens with zero attached hydrogens (tertiary/aromatic N) is 1. The van der Waals surface area contributed by atoms with Crippen LogP contribution in [0.2, 0.25) is 0 Å². The number of hydrogen-bond acceptors (Lipinski definition) is 3. The number of likely N-dealkylation sites (tertiary alicyclic amines) is 1. The summed E-state index contributed by atoms with van der Waals surface area (Å²) in [5.41, 5.74) is -0.516. The van der Waals surface area contributed by atoms with Crippen LogP contribution in [0.5, 0.6) is 0 Å². The van der Waals surface area contributed by atoms with Crippen LogP contribution in [0.1, 0.15) is 37.8 Å². The van der Waals surface area contributed by atoms with Crippen LogP contribution < -0.4 is 10.6 Å². The van der Waals surface area contributed by atoms with Gasteiger partial charge in [0.25, 0.3) is 0 Å². The van der Waals surface area contributed by atoms with Crippen LogP contribution in [0.25, 0.3) is 0 Å². The lowest BCUT2D eigenvalue weighted by molar-refractivity contribution is -0.137. The molecule has 0 saturated carbocycles. The quantitative estimate of drug-likeness (QED) is 0.843. The SMILES string of the molecule is CC1(C)CNC(=O)C2(CCN(Cc3cccc(C(F)(F)F)c3)CC2)NC1. The van der Waals surface area contributed by atoms with Crippen LogP contribution in [0.3, 0.4) is 0 Å². The predicted octanol–water partition coefficient (Wildman–Crippen LogP) is 2.79. The third-order valence-electron chi connectivity index (χ3n) is 5.44.